The Morgan fingerprint density at radius 3 is 3.05 bits per heavy atom. The summed E-state index contributed by atoms with van der Waals surface area (Å²) in [5.41, 5.74) is 0. The zero-order valence-electron chi connectivity index (χ0n) is 11.9. The summed E-state index contributed by atoms with van der Waals surface area (Å²) >= 11 is 7.77. The minimum atomic E-state index is 0.349. The van der Waals surface area contributed by atoms with E-state index < -0.39 is 0 Å². The number of hydrogen-bond acceptors (Lipinski definition) is 5. The van der Waals surface area contributed by atoms with E-state index in [2.05, 4.69) is 15.5 Å². The van der Waals surface area contributed by atoms with Crippen LogP contribution < -0.4 is 5.32 Å². The molecule has 1 aliphatic carbocycles. The zero-order valence-corrected chi connectivity index (χ0v) is 13.5. The molecule has 1 N–H and O–H groups in total. The molecule has 2 atom stereocenters. The summed E-state index contributed by atoms with van der Waals surface area (Å²) in [6.07, 6.45) is 3.50. The van der Waals surface area contributed by atoms with Crippen molar-refractivity contribution in [3.8, 4) is 0 Å². The SMILES string of the molecule is CNC1CCCC1c1nc(CSc2ccccc2Cl)no1. The molecular formula is C15H18ClN3OS. The van der Waals surface area contributed by atoms with Gasteiger partial charge in [-0.2, -0.15) is 4.98 Å². The summed E-state index contributed by atoms with van der Waals surface area (Å²) in [5.74, 6) is 2.52. The van der Waals surface area contributed by atoms with Gasteiger partial charge in [0.1, 0.15) is 0 Å². The van der Waals surface area contributed by atoms with Crippen LogP contribution in [0.5, 0.6) is 0 Å². The van der Waals surface area contributed by atoms with Gasteiger partial charge in [-0.3, -0.25) is 0 Å². The first-order chi connectivity index (χ1) is 10.3. The summed E-state index contributed by atoms with van der Waals surface area (Å²) in [6.45, 7) is 0. The van der Waals surface area contributed by atoms with Crippen molar-refractivity contribution < 1.29 is 4.52 Å². The molecular weight excluding hydrogens is 306 g/mol. The molecule has 1 aromatic carbocycles. The van der Waals surface area contributed by atoms with Crippen molar-refractivity contribution in [1.29, 1.82) is 0 Å². The molecule has 112 valence electrons. The van der Waals surface area contributed by atoms with Gasteiger partial charge in [0.2, 0.25) is 5.89 Å². The molecule has 2 aromatic rings. The van der Waals surface area contributed by atoms with Crippen molar-refractivity contribution >= 4 is 23.4 Å². The van der Waals surface area contributed by atoms with Gasteiger partial charge in [0.05, 0.1) is 16.7 Å². The molecule has 1 aliphatic rings. The van der Waals surface area contributed by atoms with Gasteiger partial charge in [-0.1, -0.05) is 35.3 Å². The van der Waals surface area contributed by atoms with Crippen LogP contribution in [0.2, 0.25) is 5.02 Å². The third kappa shape index (κ3) is 3.42. The van der Waals surface area contributed by atoms with Crippen LogP contribution in [0.15, 0.2) is 33.7 Å². The first-order valence-electron chi connectivity index (χ1n) is 7.15. The molecule has 0 amide bonds. The third-order valence-electron chi connectivity index (χ3n) is 3.88. The van der Waals surface area contributed by atoms with Crippen molar-refractivity contribution in [3.63, 3.8) is 0 Å². The highest BCUT2D eigenvalue weighted by atomic mass is 35.5. The lowest BCUT2D eigenvalue weighted by Gasteiger charge is -2.14. The number of halogens is 1. The number of thioether (sulfide) groups is 1. The van der Waals surface area contributed by atoms with Crippen LogP contribution in [0.25, 0.3) is 0 Å². The largest absolute Gasteiger partial charge is 0.339 e. The van der Waals surface area contributed by atoms with Crippen molar-refractivity contribution in [1.82, 2.24) is 15.5 Å². The average Bonchev–Trinajstić information content (AvgIpc) is 3.14. The highest BCUT2D eigenvalue weighted by Crippen LogP contribution is 2.34. The van der Waals surface area contributed by atoms with Gasteiger partial charge in [-0.25, -0.2) is 0 Å². The van der Waals surface area contributed by atoms with Gasteiger partial charge >= 0.3 is 0 Å². The Bertz CT molecular complexity index is 604. The van der Waals surface area contributed by atoms with Gasteiger partial charge in [0, 0.05) is 10.9 Å². The second kappa shape index (κ2) is 6.81. The first kappa shape index (κ1) is 14.9. The first-order valence-corrected chi connectivity index (χ1v) is 8.51. The number of hydrogen-bond donors (Lipinski definition) is 1. The van der Waals surface area contributed by atoms with Crippen LogP contribution in [0.1, 0.15) is 36.9 Å². The molecule has 2 unspecified atom stereocenters. The predicted molar refractivity (Wildman–Crippen MR) is 84.8 cm³/mol. The molecule has 0 bridgehead atoms. The molecule has 0 radical (unpaired) electrons. The van der Waals surface area contributed by atoms with Crippen molar-refractivity contribution in [2.45, 2.75) is 41.9 Å². The maximum absolute atomic E-state index is 6.14. The van der Waals surface area contributed by atoms with E-state index >= 15 is 0 Å². The highest BCUT2D eigenvalue weighted by molar-refractivity contribution is 7.98. The van der Waals surface area contributed by atoms with Gasteiger partial charge in [0.25, 0.3) is 0 Å². The van der Waals surface area contributed by atoms with E-state index in [-0.39, 0.29) is 0 Å². The Morgan fingerprint density at radius 2 is 2.24 bits per heavy atom. The van der Waals surface area contributed by atoms with Gasteiger partial charge in [0.15, 0.2) is 5.82 Å². The molecule has 0 aliphatic heterocycles. The number of nitrogens with zero attached hydrogens (tertiary/aromatic N) is 2. The maximum Gasteiger partial charge on any atom is 0.231 e. The molecule has 0 saturated heterocycles. The topological polar surface area (TPSA) is 51.0 Å². The van der Waals surface area contributed by atoms with E-state index in [4.69, 9.17) is 16.1 Å². The maximum atomic E-state index is 6.14. The molecule has 3 rings (SSSR count). The fraction of sp³-hybridized carbons (Fsp3) is 0.467. The molecule has 1 fully saturated rings. The minimum absolute atomic E-state index is 0.349. The second-order valence-electron chi connectivity index (χ2n) is 5.20. The van der Waals surface area contributed by atoms with Crippen molar-refractivity contribution in [3.05, 3.63) is 41.0 Å². The number of benzene rings is 1. The monoisotopic (exact) mass is 323 g/mol. The van der Waals surface area contributed by atoms with Crippen molar-refractivity contribution in [2.24, 2.45) is 0 Å². The molecule has 21 heavy (non-hydrogen) atoms. The van der Waals surface area contributed by atoms with Crippen LogP contribution in [0.4, 0.5) is 0 Å². The molecule has 1 heterocycles. The van der Waals surface area contributed by atoms with E-state index in [1.54, 1.807) is 11.8 Å². The van der Waals surface area contributed by atoms with Gasteiger partial charge in [-0.15, -0.1) is 11.8 Å². The molecule has 1 saturated carbocycles. The molecule has 0 spiro atoms. The summed E-state index contributed by atoms with van der Waals surface area (Å²) < 4.78 is 5.45. The third-order valence-corrected chi connectivity index (χ3v) is 5.39. The van der Waals surface area contributed by atoms with Crippen molar-refractivity contribution in [2.75, 3.05) is 7.05 Å². The lowest BCUT2D eigenvalue weighted by Crippen LogP contribution is -2.27. The van der Waals surface area contributed by atoms with Gasteiger partial charge < -0.3 is 9.84 Å². The number of likely N-dealkylation sites (N-methyl/N-ethyl adjacent to an activating group) is 1. The number of aromatic nitrogens is 2. The normalized spacial score (nSPS) is 21.8. The Balaban J connectivity index is 1.64. The Kier molecular flexibility index (Phi) is 4.83. The predicted octanol–water partition coefficient (Wildman–Crippen LogP) is 3.87. The Hall–Kier alpha value is -1.04. The lowest BCUT2D eigenvalue weighted by atomic mass is 10.0. The molecule has 6 heteroatoms. The minimum Gasteiger partial charge on any atom is -0.339 e. The van der Waals surface area contributed by atoms with Crippen LogP contribution in [-0.2, 0) is 5.75 Å². The Labute approximate surface area is 133 Å². The van der Waals surface area contributed by atoms with Crippen LogP contribution >= 0.6 is 23.4 Å². The number of rotatable bonds is 5. The Morgan fingerprint density at radius 1 is 1.38 bits per heavy atom. The van der Waals surface area contributed by atoms with E-state index in [0.717, 1.165) is 28.1 Å². The van der Waals surface area contributed by atoms with Crippen LogP contribution in [0, 0.1) is 0 Å². The fourth-order valence-electron chi connectivity index (χ4n) is 2.78. The summed E-state index contributed by atoms with van der Waals surface area (Å²) in [6, 6.07) is 8.25. The molecule has 4 nitrogen and oxygen atoms in total. The van der Waals surface area contributed by atoms with Crippen LogP contribution in [-0.4, -0.2) is 23.2 Å². The average molecular weight is 324 g/mol. The second-order valence-corrected chi connectivity index (χ2v) is 6.62. The summed E-state index contributed by atoms with van der Waals surface area (Å²) in [5, 5.41) is 8.19. The highest BCUT2D eigenvalue weighted by Gasteiger charge is 2.31. The van der Waals surface area contributed by atoms with E-state index in [1.807, 2.05) is 31.3 Å². The summed E-state index contributed by atoms with van der Waals surface area (Å²) in [4.78, 5) is 5.59. The van der Waals surface area contributed by atoms with E-state index in [9.17, 15) is 0 Å². The standard InChI is InChI=1S/C15H18ClN3OS/c1-17-12-7-4-5-10(12)15-18-14(19-20-15)9-21-13-8-3-2-6-11(13)16/h2-3,6,8,10,12,17H,4-5,7,9H2,1H3. The fourth-order valence-corrected chi connectivity index (χ4v) is 3.86. The smallest absolute Gasteiger partial charge is 0.231 e. The molecule has 1 aromatic heterocycles. The zero-order chi connectivity index (χ0) is 14.7. The van der Waals surface area contributed by atoms with Crippen LogP contribution in [0.3, 0.4) is 0 Å². The lowest BCUT2D eigenvalue weighted by molar-refractivity contribution is 0.333. The van der Waals surface area contributed by atoms with E-state index in [1.165, 1.54) is 12.8 Å². The quantitative estimate of drug-likeness (QED) is 0.846. The van der Waals surface area contributed by atoms with Gasteiger partial charge in [-0.05, 0) is 32.0 Å². The van der Waals surface area contributed by atoms with E-state index in [0.29, 0.717) is 17.7 Å². The summed E-state index contributed by atoms with van der Waals surface area (Å²) in [7, 11) is 1.99. The number of nitrogens with one attached hydrogen (secondary N) is 1.